The molecule has 1 aromatic carbocycles. The van der Waals surface area contributed by atoms with Crippen LogP contribution in [0, 0.1) is 5.92 Å². The molecule has 0 spiro atoms. The minimum atomic E-state index is -0.0865. The monoisotopic (exact) mass is 329 g/mol. The summed E-state index contributed by atoms with van der Waals surface area (Å²) in [4.78, 5) is 13.4. The van der Waals surface area contributed by atoms with Crippen LogP contribution in [0.5, 0.6) is 0 Å². The molecule has 0 radical (unpaired) electrons. The van der Waals surface area contributed by atoms with Crippen molar-refractivity contribution < 1.29 is 4.79 Å². The maximum absolute atomic E-state index is 12.1. The van der Waals surface area contributed by atoms with Crippen molar-refractivity contribution in [2.24, 2.45) is 5.92 Å². The van der Waals surface area contributed by atoms with Crippen LogP contribution in [0.4, 0.5) is 0 Å². The summed E-state index contributed by atoms with van der Waals surface area (Å²) < 4.78 is 0. The summed E-state index contributed by atoms with van der Waals surface area (Å²) in [6, 6.07) is 8.23. The first kappa shape index (κ1) is 18.1. The van der Waals surface area contributed by atoms with Gasteiger partial charge in [-0.05, 0) is 42.9 Å². The molecule has 6 nitrogen and oxygen atoms in total. The van der Waals surface area contributed by atoms with Crippen molar-refractivity contribution in [3.05, 3.63) is 29.8 Å². The molecule has 0 fully saturated rings. The number of hydrogen-bond acceptors (Lipinski definition) is 4. The minimum Gasteiger partial charge on any atom is -0.352 e. The van der Waals surface area contributed by atoms with Crippen molar-refractivity contribution >= 4 is 5.91 Å². The van der Waals surface area contributed by atoms with E-state index in [1.165, 1.54) is 10.4 Å². The van der Waals surface area contributed by atoms with Crippen LogP contribution in [0.3, 0.4) is 0 Å². The summed E-state index contributed by atoms with van der Waals surface area (Å²) in [6.07, 6.45) is 3.07. The maximum atomic E-state index is 12.1. The topological polar surface area (TPSA) is 72.7 Å². The molecule has 1 N–H and O–H groups in total. The lowest BCUT2D eigenvalue weighted by Gasteiger charge is -2.14. The molecule has 0 saturated carbocycles. The van der Waals surface area contributed by atoms with Crippen LogP contribution in [0.15, 0.2) is 24.3 Å². The van der Waals surface area contributed by atoms with E-state index in [-0.39, 0.29) is 18.5 Å². The second-order valence-corrected chi connectivity index (χ2v) is 6.63. The number of hydrogen-bond donors (Lipinski definition) is 1. The van der Waals surface area contributed by atoms with Gasteiger partial charge in [0.15, 0.2) is 0 Å². The molecule has 6 heteroatoms. The molecular weight excluding hydrogens is 302 g/mol. The van der Waals surface area contributed by atoms with E-state index in [9.17, 15) is 4.79 Å². The lowest BCUT2D eigenvalue weighted by Crippen LogP contribution is -2.35. The van der Waals surface area contributed by atoms with Gasteiger partial charge in [-0.1, -0.05) is 45.0 Å². The normalized spacial score (nSPS) is 12.4. The van der Waals surface area contributed by atoms with E-state index in [1.807, 2.05) is 19.1 Å². The van der Waals surface area contributed by atoms with Gasteiger partial charge >= 0.3 is 0 Å². The van der Waals surface area contributed by atoms with E-state index in [0.29, 0.717) is 11.7 Å². The molecule has 0 bridgehead atoms. The average molecular weight is 329 g/mol. The van der Waals surface area contributed by atoms with Gasteiger partial charge in [-0.15, -0.1) is 10.2 Å². The lowest BCUT2D eigenvalue weighted by molar-refractivity contribution is -0.122. The van der Waals surface area contributed by atoms with Crippen LogP contribution in [0.1, 0.15) is 46.1 Å². The molecule has 1 amide bonds. The largest absolute Gasteiger partial charge is 0.352 e. The standard InChI is InChI=1S/C18H27N5O/c1-5-15-8-10-16(11-9-15)18-20-22-23(21-18)12-17(24)19-14(4)7-6-13(2)3/h8-11,13-14H,5-7,12H2,1-4H3,(H,19,24)/t14-/m1/s1. The van der Waals surface area contributed by atoms with Crippen LogP contribution >= 0.6 is 0 Å². The smallest absolute Gasteiger partial charge is 0.243 e. The van der Waals surface area contributed by atoms with E-state index >= 15 is 0 Å². The zero-order valence-electron chi connectivity index (χ0n) is 15.0. The quantitative estimate of drug-likeness (QED) is 0.808. The second kappa shape index (κ2) is 8.57. The SMILES string of the molecule is CCc1ccc(-c2nnn(CC(=O)N[C@H](C)CCC(C)C)n2)cc1. The maximum Gasteiger partial charge on any atom is 0.243 e. The first-order valence-corrected chi connectivity index (χ1v) is 8.64. The van der Waals surface area contributed by atoms with Crippen LogP contribution in [0.2, 0.25) is 0 Å². The third kappa shape index (κ3) is 5.44. The Balaban J connectivity index is 1.89. The fourth-order valence-corrected chi connectivity index (χ4v) is 2.42. The van der Waals surface area contributed by atoms with Crippen molar-refractivity contribution in [2.75, 3.05) is 0 Å². The molecular formula is C18H27N5O. The van der Waals surface area contributed by atoms with Gasteiger partial charge in [0.2, 0.25) is 11.7 Å². The molecule has 0 aliphatic carbocycles. The molecule has 0 aliphatic rings. The van der Waals surface area contributed by atoms with E-state index in [4.69, 9.17) is 0 Å². The molecule has 0 aliphatic heterocycles. The van der Waals surface area contributed by atoms with E-state index in [1.54, 1.807) is 0 Å². The molecule has 1 heterocycles. The van der Waals surface area contributed by atoms with Crippen LogP contribution in [0.25, 0.3) is 11.4 Å². The number of carbonyl (C=O) groups is 1. The fraction of sp³-hybridized carbons (Fsp3) is 0.556. The Bertz CT molecular complexity index is 648. The summed E-state index contributed by atoms with van der Waals surface area (Å²) in [7, 11) is 0. The number of carbonyl (C=O) groups excluding carboxylic acids is 1. The van der Waals surface area contributed by atoms with Gasteiger partial charge in [0.1, 0.15) is 6.54 Å². The lowest BCUT2D eigenvalue weighted by atomic mass is 10.0. The van der Waals surface area contributed by atoms with Gasteiger partial charge < -0.3 is 5.32 Å². The highest BCUT2D eigenvalue weighted by molar-refractivity contribution is 5.75. The summed E-state index contributed by atoms with van der Waals surface area (Å²) >= 11 is 0. The Labute approximate surface area is 143 Å². The Morgan fingerprint density at radius 1 is 1.17 bits per heavy atom. The number of aryl methyl sites for hydroxylation is 1. The van der Waals surface area contributed by atoms with Crippen molar-refractivity contribution in [1.82, 2.24) is 25.5 Å². The van der Waals surface area contributed by atoms with Crippen LogP contribution < -0.4 is 5.32 Å². The van der Waals surface area contributed by atoms with Crippen molar-refractivity contribution in [2.45, 2.75) is 59.5 Å². The first-order valence-electron chi connectivity index (χ1n) is 8.64. The Kier molecular flexibility index (Phi) is 6.46. The number of aromatic nitrogens is 4. The van der Waals surface area contributed by atoms with Crippen molar-refractivity contribution in [3.8, 4) is 11.4 Å². The zero-order valence-corrected chi connectivity index (χ0v) is 15.0. The Morgan fingerprint density at radius 3 is 2.50 bits per heavy atom. The molecule has 0 saturated heterocycles. The molecule has 1 atom stereocenters. The first-order chi connectivity index (χ1) is 11.5. The summed E-state index contributed by atoms with van der Waals surface area (Å²) in [5.74, 6) is 1.10. The zero-order chi connectivity index (χ0) is 17.5. The highest BCUT2D eigenvalue weighted by Gasteiger charge is 2.12. The second-order valence-electron chi connectivity index (χ2n) is 6.63. The van der Waals surface area contributed by atoms with Crippen LogP contribution in [-0.2, 0) is 17.8 Å². The molecule has 24 heavy (non-hydrogen) atoms. The highest BCUT2D eigenvalue weighted by Crippen LogP contribution is 2.14. The predicted octanol–water partition coefficient (Wildman–Crippen LogP) is 2.84. The third-order valence-corrected chi connectivity index (χ3v) is 3.94. The van der Waals surface area contributed by atoms with Crippen molar-refractivity contribution in [3.63, 3.8) is 0 Å². The molecule has 0 unspecified atom stereocenters. The van der Waals surface area contributed by atoms with E-state index in [0.717, 1.165) is 24.8 Å². The predicted molar refractivity (Wildman–Crippen MR) is 94.3 cm³/mol. The van der Waals surface area contributed by atoms with Gasteiger partial charge in [0, 0.05) is 11.6 Å². The van der Waals surface area contributed by atoms with Gasteiger partial charge in [0.25, 0.3) is 0 Å². The average Bonchev–Trinajstić information content (AvgIpc) is 3.01. The number of nitrogens with one attached hydrogen (secondary N) is 1. The van der Waals surface area contributed by atoms with Gasteiger partial charge in [-0.2, -0.15) is 4.80 Å². The number of rotatable bonds is 8. The molecule has 2 rings (SSSR count). The summed E-state index contributed by atoms with van der Waals surface area (Å²) in [6.45, 7) is 8.59. The summed E-state index contributed by atoms with van der Waals surface area (Å²) in [5, 5.41) is 15.3. The summed E-state index contributed by atoms with van der Waals surface area (Å²) in [5.41, 5.74) is 2.17. The number of benzene rings is 1. The number of nitrogens with zero attached hydrogens (tertiary/aromatic N) is 4. The molecule has 130 valence electrons. The Morgan fingerprint density at radius 2 is 1.88 bits per heavy atom. The number of amides is 1. The Hall–Kier alpha value is -2.24. The van der Waals surface area contributed by atoms with Gasteiger partial charge in [-0.25, -0.2) is 0 Å². The fourth-order valence-electron chi connectivity index (χ4n) is 2.42. The van der Waals surface area contributed by atoms with Gasteiger partial charge in [-0.3, -0.25) is 4.79 Å². The van der Waals surface area contributed by atoms with E-state index in [2.05, 4.69) is 53.6 Å². The van der Waals surface area contributed by atoms with Gasteiger partial charge in [0.05, 0.1) is 0 Å². The molecule has 2 aromatic rings. The minimum absolute atomic E-state index is 0.0865. The number of tetrazole rings is 1. The van der Waals surface area contributed by atoms with Crippen molar-refractivity contribution in [1.29, 1.82) is 0 Å². The van der Waals surface area contributed by atoms with Crippen LogP contribution in [-0.4, -0.2) is 32.2 Å². The third-order valence-electron chi connectivity index (χ3n) is 3.94. The highest BCUT2D eigenvalue weighted by atomic mass is 16.2. The van der Waals surface area contributed by atoms with E-state index < -0.39 is 0 Å². The molecule has 1 aromatic heterocycles.